The van der Waals surface area contributed by atoms with Crippen molar-refractivity contribution in [3.8, 4) is 22.9 Å². The zero-order valence-electron chi connectivity index (χ0n) is 13.2. The second-order valence-corrected chi connectivity index (χ2v) is 5.57. The Morgan fingerprint density at radius 3 is 2.72 bits per heavy atom. The molecule has 0 radical (unpaired) electrons. The van der Waals surface area contributed by atoms with Crippen molar-refractivity contribution in [3.63, 3.8) is 0 Å². The summed E-state index contributed by atoms with van der Waals surface area (Å²) in [5.41, 5.74) is 0.305. The average Bonchev–Trinajstić information content (AvgIpc) is 2.59. The van der Waals surface area contributed by atoms with E-state index in [1.54, 1.807) is 6.07 Å². The first-order valence-corrected chi connectivity index (χ1v) is 7.59. The summed E-state index contributed by atoms with van der Waals surface area (Å²) in [7, 11) is 1.34. The molecule has 0 aliphatic carbocycles. The smallest absolute Gasteiger partial charge is 0.326 e. The number of hydrogen-bond acceptors (Lipinski definition) is 4. The van der Waals surface area contributed by atoms with Gasteiger partial charge in [0.05, 0.1) is 31.6 Å². The number of aromatic nitrogens is 1. The van der Waals surface area contributed by atoms with Crippen LogP contribution in [0.1, 0.15) is 18.0 Å². The standard InChI is InChI=1S/C17H14ClFN2O4/c1-25-15-9-21(14(4-5-19)17(23)24)16(22)7-13(15)12-6-11(18)3-2-10(12)8-20/h2-3,6-7,9,14H,4-5H2,1H3,(H,23,24). The van der Waals surface area contributed by atoms with Gasteiger partial charge in [-0.3, -0.25) is 13.8 Å². The molecule has 0 amide bonds. The minimum absolute atomic E-state index is 0.170. The van der Waals surface area contributed by atoms with Gasteiger partial charge in [-0.25, -0.2) is 4.79 Å². The molecule has 0 aliphatic rings. The highest BCUT2D eigenvalue weighted by Crippen LogP contribution is 2.33. The van der Waals surface area contributed by atoms with E-state index in [-0.39, 0.29) is 17.7 Å². The molecule has 0 aliphatic heterocycles. The van der Waals surface area contributed by atoms with Crippen LogP contribution < -0.4 is 10.3 Å². The lowest BCUT2D eigenvalue weighted by Crippen LogP contribution is -2.29. The highest BCUT2D eigenvalue weighted by molar-refractivity contribution is 6.31. The molecule has 25 heavy (non-hydrogen) atoms. The number of hydrogen-bond donors (Lipinski definition) is 1. The van der Waals surface area contributed by atoms with E-state index >= 15 is 0 Å². The second-order valence-electron chi connectivity index (χ2n) is 5.13. The van der Waals surface area contributed by atoms with E-state index in [0.29, 0.717) is 16.1 Å². The molecule has 1 atom stereocenters. The number of alkyl halides is 1. The fraction of sp³-hybridized carbons (Fsp3) is 0.235. The van der Waals surface area contributed by atoms with Crippen molar-refractivity contribution < 1.29 is 19.0 Å². The Morgan fingerprint density at radius 2 is 2.16 bits per heavy atom. The molecule has 8 heteroatoms. The van der Waals surface area contributed by atoms with E-state index in [9.17, 15) is 24.3 Å². The van der Waals surface area contributed by atoms with Crippen LogP contribution in [0.25, 0.3) is 11.1 Å². The van der Waals surface area contributed by atoms with Crippen LogP contribution in [0.5, 0.6) is 5.75 Å². The van der Waals surface area contributed by atoms with Gasteiger partial charge in [-0.05, 0) is 18.2 Å². The molecule has 6 nitrogen and oxygen atoms in total. The number of nitriles is 1. The normalized spacial score (nSPS) is 11.6. The zero-order chi connectivity index (χ0) is 18.6. The number of benzene rings is 1. The summed E-state index contributed by atoms with van der Waals surface area (Å²) in [5, 5.41) is 18.8. The fourth-order valence-electron chi connectivity index (χ4n) is 2.47. The first-order chi connectivity index (χ1) is 11.9. The number of pyridine rings is 1. The molecule has 2 aromatic rings. The van der Waals surface area contributed by atoms with Crippen LogP contribution in [-0.4, -0.2) is 29.4 Å². The van der Waals surface area contributed by atoms with Crippen molar-refractivity contribution in [2.45, 2.75) is 12.5 Å². The predicted molar refractivity (Wildman–Crippen MR) is 89.7 cm³/mol. The van der Waals surface area contributed by atoms with Crippen LogP contribution in [0.2, 0.25) is 5.02 Å². The maximum absolute atomic E-state index is 12.6. The van der Waals surface area contributed by atoms with Gasteiger partial charge >= 0.3 is 5.97 Å². The number of carboxylic acids is 1. The number of nitrogens with zero attached hydrogens (tertiary/aromatic N) is 2. The SMILES string of the molecule is COc1cn(C(CCF)C(=O)O)c(=O)cc1-c1cc(Cl)ccc1C#N. The molecule has 0 fully saturated rings. The Bertz CT molecular complexity index is 904. The zero-order valence-corrected chi connectivity index (χ0v) is 14.0. The molecule has 1 aromatic heterocycles. The summed E-state index contributed by atoms with van der Waals surface area (Å²) in [5.74, 6) is -1.15. The van der Waals surface area contributed by atoms with Gasteiger partial charge in [0.25, 0.3) is 5.56 Å². The van der Waals surface area contributed by atoms with Gasteiger partial charge < -0.3 is 9.84 Å². The van der Waals surface area contributed by atoms with E-state index in [0.717, 1.165) is 10.6 Å². The van der Waals surface area contributed by atoms with Crippen LogP contribution in [0.3, 0.4) is 0 Å². The van der Waals surface area contributed by atoms with Crippen molar-refractivity contribution in [3.05, 3.63) is 51.4 Å². The topological polar surface area (TPSA) is 92.3 Å². The highest BCUT2D eigenvalue weighted by Gasteiger charge is 2.23. The summed E-state index contributed by atoms with van der Waals surface area (Å²) < 4.78 is 18.8. The quantitative estimate of drug-likeness (QED) is 0.850. The maximum atomic E-state index is 12.6. The van der Waals surface area contributed by atoms with E-state index in [4.69, 9.17) is 16.3 Å². The number of aliphatic carboxylic acids is 1. The van der Waals surface area contributed by atoms with Gasteiger partial charge in [0, 0.05) is 28.6 Å². The maximum Gasteiger partial charge on any atom is 0.326 e. The van der Waals surface area contributed by atoms with Crippen LogP contribution in [0.15, 0.2) is 35.3 Å². The highest BCUT2D eigenvalue weighted by atomic mass is 35.5. The molecule has 0 saturated heterocycles. The molecule has 0 saturated carbocycles. The second kappa shape index (κ2) is 7.81. The molecule has 1 unspecified atom stereocenters. The van der Waals surface area contributed by atoms with Crippen molar-refractivity contribution in [1.82, 2.24) is 4.57 Å². The number of methoxy groups -OCH3 is 1. The number of ether oxygens (including phenoxy) is 1. The monoisotopic (exact) mass is 364 g/mol. The van der Waals surface area contributed by atoms with E-state index in [2.05, 4.69) is 0 Å². The molecule has 1 aromatic carbocycles. The van der Waals surface area contributed by atoms with E-state index in [1.807, 2.05) is 6.07 Å². The van der Waals surface area contributed by atoms with Crippen molar-refractivity contribution in [2.24, 2.45) is 0 Å². The van der Waals surface area contributed by atoms with E-state index in [1.165, 1.54) is 25.4 Å². The molecular formula is C17H14ClFN2O4. The Kier molecular flexibility index (Phi) is 5.78. The van der Waals surface area contributed by atoms with E-state index < -0.39 is 24.2 Å². The molecule has 0 bridgehead atoms. The Hall–Kier alpha value is -2.85. The minimum atomic E-state index is -1.35. The summed E-state index contributed by atoms with van der Waals surface area (Å²) >= 11 is 5.97. The number of rotatable bonds is 6. The van der Waals surface area contributed by atoms with Gasteiger partial charge in [0.2, 0.25) is 0 Å². The number of carbonyl (C=O) groups is 1. The Labute approximate surface area is 147 Å². The summed E-state index contributed by atoms with van der Waals surface area (Å²) in [6.07, 6.45) is 0.854. The molecule has 2 rings (SSSR count). The van der Waals surface area contributed by atoms with Crippen molar-refractivity contribution in [1.29, 1.82) is 5.26 Å². The number of carboxylic acid groups (broad SMARTS) is 1. The summed E-state index contributed by atoms with van der Waals surface area (Å²) in [4.78, 5) is 23.7. The lowest BCUT2D eigenvalue weighted by Gasteiger charge is -2.17. The summed E-state index contributed by atoms with van der Waals surface area (Å²) in [6, 6.07) is 6.36. The lowest BCUT2D eigenvalue weighted by molar-refractivity contribution is -0.141. The minimum Gasteiger partial charge on any atom is -0.495 e. The Morgan fingerprint density at radius 1 is 1.44 bits per heavy atom. The van der Waals surface area contributed by atoms with Crippen LogP contribution >= 0.6 is 11.6 Å². The molecule has 0 spiro atoms. The van der Waals surface area contributed by atoms with Crippen LogP contribution in [0, 0.1) is 11.3 Å². The average molecular weight is 365 g/mol. The molecule has 1 heterocycles. The third kappa shape index (κ3) is 3.80. The fourth-order valence-corrected chi connectivity index (χ4v) is 2.64. The lowest BCUT2D eigenvalue weighted by atomic mass is 10.0. The summed E-state index contributed by atoms with van der Waals surface area (Å²) in [6.45, 7) is -0.889. The number of halogens is 2. The van der Waals surface area contributed by atoms with Crippen LogP contribution in [0.4, 0.5) is 4.39 Å². The molecular weight excluding hydrogens is 351 g/mol. The first kappa shape index (κ1) is 18.5. The van der Waals surface area contributed by atoms with Gasteiger partial charge in [-0.1, -0.05) is 11.6 Å². The largest absolute Gasteiger partial charge is 0.495 e. The molecule has 1 N–H and O–H groups in total. The van der Waals surface area contributed by atoms with Gasteiger partial charge in [0.15, 0.2) is 0 Å². The third-order valence-electron chi connectivity index (χ3n) is 3.66. The predicted octanol–water partition coefficient (Wildman–Crippen LogP) is 3.03. The van der Waals surface area contributed by atoms with Gasteiger partial charge in [-0.15, -0.1) is 0 Å². The van der Waals surface area contributed by atoms with Gasteiger partial charge in [0.1, 0.15) is 11.8 Å². The van der Waals surface area contributed by atoms with Crippen molar-refractivity contribution in [2.75, 3.05) is 13.8 Å². The Balaban J connectivity index is 2.70. The third-order valence-corrected chi connectivity index (χ3v) is 3.89. The van der Waals surface area contributed by atoms with Gasteiger partial charge in [-0.2, -0.15) is 5.26 Å². The van der Waals surface area contributed by atoms with Crippen molar-refractivity contribution >= 4 is 17.6 Å². The first-order valence-electron chi connectivity index (χ1n) is 7.22. The van der Waals surface area contributed by atoms with Crippen LogP contribution in [-0.2, 0) is 4.79 Å². The molecule has 130 valence electrons.